The SMILES string of the molecule is Cc1cc(N(C)CC(C)O)ccc1N. The summed E-state index contributed by atoms with van der Waals surface area (Å²) in [4.78, 5) is 2.01. The number of benzene rings is 1. The molecule has 0 aliphatic rings. The molecule has 0 aromatic heterocycles. The molecule has 3 heteroatoms. The molecule has 1 aromatic carbocycles. The number of hydrogen-bond donors (Lipinski definition) is 2. The minimum atomic E-state index is -0.321. The van der Waals surface area contributed by atoms with Crippen LogP contribution in [0.15, 0.2) is 18.2 Å². The van der Waals surface area contributed by atoms with Gasteiger partial charge < -0.3 is 15.7 Å². The average molecular weight is 194 g/mol. The molecule has 0 fully saturated rings. The summed E-state index contributed by atoms with van der Waals surface area (Å²) in [5.41, 5.74) is 8.68. The number of nitrogens with two attached hydrogens (primary N) is 1. The molecule has 0 bridgehead atoms. The first-order chi connectivity index (χ1) is 6.50. The van der Waals surface area contributed by atoms with E-state index in [1.54, 1.807) is 6.92 Å². The summed E-state index contributed by atoms with van der Waals surface area (Å²) in [5, 5.41) is 9.24. The lowest BCUT2D eigenvalue weighted by molar-refractivity contribution is 0.201. The van der Waals surface area contributed by atoms with Gasteiger partial charge in [-0.2, -0.15) is 0 Å². The van der Waals surface area contributed by atoms with E-state index in [2.05, 4.69) is 0 Å². The highest BCUT2D eigenvalue weighted by Gasteiger charge is 2.05. The molecule has 0 aliphatic carbocycles. The molecule has 0 saturated heterocycles. The summed E-state index contributed by atoms with van der Waals surface area (Å²) in [6.45, 7) is 4.39. The zero-order chi connectivity index (χ0) is 10.7. The fourth-order valence-corrected chi connectivity index (χ4v) is 1.40. The third-order valence-electron chi connectivity index (χ3n) is 2.23. The van der Waals surface area contributed by atoms with Crippen molar-refractivity contribution < 1.29 is 5.11 Å². The van der Waals surface area contributed by atoms with Crippen molar-refractivity contribution in [3.8, 4) is 0 Å². The van der Waals surface area contributed by atoms with Crippen LogP contribution >= 0.6 is 0 Å². The Morgan fingerprint density at radius 2 is 2.14 bits per heavy atom. The van der Waals surface area contributed by atoms with Crippen LogP contribution < -0.4 is 10.6 Å². The lowest BCUT2D eigenvalue weighted by Crippen LogP contribution is -2.26. The van der Waals surface area contributed by atoms with Gasteiger partial charge in [-0.25, -0.2) is 0 Å². The predicted octanol–water partition coefficient (Wildman–Crippen LogP) is 1.39. The fourth-order valence-electron chi connectivity index (χ4n) is 1.40. The van der Waals surface area contributed by atoms with Gasteiger partial charge in [-0.05, 0) is 37.6 Å². The van der Waals surface area contributed by atoms with Crippen LogP contribution in [0, 0.1) is 6.92 Å². The summed E-state index contributed by atoms with van der Waals surface area (Å²) in [7, 11) is 1.96. The molecular weight excluding hydrogens is 176 g/mol. The van der Waals surface area contributed by atoms with Crippen molar-refractivity contribution in [2.75, 3.05) is 24.2 Å². The van der Waals surface area contributed by atoms with Crippen molar-refractivity contribution in [3.63, 3.8) is 0 Å². The Bertz CT molecular complexity index is 310. The van der Waals surface area contributed by atoms with Gasteiger partial charge >= 0.3 is 0 Å². The second-order valence-corrected chi connectivity index (χ2v) is 3.77. The van der Waals surface area contributed by atoms with Crippen LogP contribution in [0.4, 0.5) is 11.4 Å². The lowest BCUT2D eigenvalue weighted by atomic mass is 10.1. The number of likely N-dealkylation sites (N-methyl/N-ethyl adjacent to an activating group) is 1. The highest BCUT2D eigenvalue weighted by atomic mass is 16.3. The van der Waals surface area contributed by atoms with E-state index in [0.717, 1.165) is 16.9 Å². The second kappa shape index (κ2) is 4.33. The summed E-state index contributed by atoms with van der Waals surface area (Å²) >= 11 is 0. The van der Waals surface area contributed by atoms with E-state index in [1.165, 1.54) is 0 Å². The van der Waals surface area contributed by atoms with Gasteiger partial charge in [0.1, 0.15) is 0 Å². The molecule has 0 saturated carbocycles. The number of aliphatic hydroxyl groups excluding tert-OH is 1. The van der Waals surface area contributed by atoms with Gasteiger partial charge in [-0.1, -0.05) is 0 Å². The van der Waals surface area contributed by atoms with Gasteiger partial charge in [0.25, 0.3) is 0 Å². The van der Waals surface area contributed by atoms with Gasteiger partial charge in [0, 0.05) is 25.0 Å². The van der Waals surface area contributed by atoms with Crippen molar-refractivity contribution in [1.29, 1.82) is 0 Å². The minimum absolute atomic E-state index is 0.321. The Balaban J connectivity index is 2.80. The van der Waals surface area contributed by atoms with Crippen LogP contribution in [0.5, 0.6) is 0 Å². The van der Waals surface area contributed by atoms with E-state index in [-0.39, 0.29) is 6.10 Å². The first-order valence-corrected chi connectivity index (χ1v) is 4.76. The number of aryl methyl sites for hydroxylation is 1. The lowest BCUT2D eigenvalue weighted by Gasteiger charge is -2.21. The maximum absolute atomic E-state index is 9.24. The van der Waals surface area contributed by atoms with Gasteiger partial charge in [0.15, 0.2) is 0 Å². The summed E-state index contributed by atoms with van der Waals surface area (Å²) in [5.74, 6) is 0. The zero-order valence-corrected chi connectivity index (χ0v) is 8.99. The molecule has 1 aromatic rings. The van der Waals surface area contributed by atoms with E-state index in [0.29, 0.717) is 6.54 Å². The van der Waals surface area contributed by atoms with E-state index < -0.39 is 0 Å². The van der Waals surface area contributed by atoms with Crippen LogP contribution in [0.3, 0.4) is 0 Å². The number of hydrogen-bond acceptors (Lipinski definition) is 3. The quantitative estimate of drug-likeness (QED) is 0.715. The van der Waals surface area contributed by atoms with Gasteiger partial charge in [-0.15, -0.1) is 0 Å². The summed E-state index contributed by atoms with van der Waals surface area (Å²) in [6.07, 6.45) is -0.321. The Kier molecular flexibility index (Phi) is 3.36. The highest BCUT2D eigenvalue weighted by molar-refractivity contribution is 5.57. The molecule has 0 spiro atoms. The number of aliphatic hydroxyl groups is 1. The van der Waals surface area contributed by atoms with Crippen molar-refractivity contribution in [2.45, 2.75) is 20.0 Å². The van der Waals surface area contributed by atoms with E-state index in [9.17, 15) is 5.11 Å². The van der Waals surface area contributed by atoms with E-state index >= 15 is 0 Å². The molecule has 1 atom stereocenters. The molecular formula is C11H18N2O. The summed E-state index contributed by atoms with van der Waals surface area (Å²) in [6, 6.07) is 5.88. The van der Waals surface area contributed by atoms with Crippen LogP contribution in [-0.2, 0) is 0 Å². The molecule has 1 unspecified atom stereocenters. The third kappa shape index (κ3) is 2.64. The normalized spacial score (nSPS) is 12.6. The largest absolute Gasteiger partial charge is 0.399 e. The number of anilines is 2. The summed E-state index contributed by atoms with van der Waals surface area (Å²) < 4.78 is 0. The molecule has 0 amide bonds. The van der Waals surface area contributed by atoms with Crippen molar-refractivity contribution in [2.24, 2.45) is 0 Å². The van der Waals surface area contributed by atoms with Gasteiger partial charge in [0.2, 0.25) is 0 Å². The molecule has 0 radical (unpaired) electrons. The van der Waals surface area contributed by atoms with Gasteiger partial charge in [0.05, 0.1) is 6.10 Å². The minimum Gasteiger partial charge on any atom is -0.399 e. The standard InChI is InChI=1S/C11H18N2O/c1-8-6-10(4-5-11(8)12)13(3)7-9(2)14/h4-6,9,14H,7,12H2,1-3H3. The smallest absolute Gasteiger partial charge is 0.0686 e. The molecule has 0 aliphatic heterocycles. The Morgan fingerprint density at radius 3 is 2.64 bits per heavy atom. The molecule has 3 N–H and O–H groups in total. The second-order valence-electron chi connectivity index (χ2n) is 3.77. The molecule has 78 valence electrons. The molecule has 14 heavy (non-hydrogen) atoms. The molecule has 0 heterocycles. The maximum Gasteiger partial charge on any atom is 0.0686 e. The van der Waals surface area contributed by atoms with Crippen molar-refractivity contribution >= 4 is 11.4 Å². The molecule has 1 rings (SSSR count). The fraction of sp³-hybridized carbons (Fsp3) is 0.455. The van der Waals surface area contributed by atoms with Crippen LogP contribution in [-0.4, -0.2) is 24.8 Å². The predicted molar refractivity (Wildman–Crippen MR) is 60.5 cm³/mol. The zero-order valence-electron chi connectivity index (χ0n) is 8.99. The van der Waals surface area contributed by atoms with Crippen LogP contribution in [0.2, 0.25) is 0 Å². The Hall–Kier alpha value is -1.22. The third-order valence-corrected chi connectivity index (χ3v) is 2.23. The monoisotopic (exact) mass is 194 g/mol. The van der Waals surface area contributed by atoms with E-state index in [4.69, 9.17) is 5.73 Å². The van der Waals surface area contributed by atoms with Crippen molar-refractivity contribution in [3.05, 3.63) is 23.8 Å². The number of rotatable bonds is 3. The van der Waals surface area contributed by atoms with E-state index in [1.807, 2.05) is 37.1 Å². The average Bonchev–Trinajstić information content (AvgIpc) is 2.08. The van der Waals surface area contributed by atoms with Crippen LogP contribution in [0.25, 0.3) is 0 Å². The van der Waals surface area contributed by atoms with Crippen molar-refractivity contribution in [1.82, 2.24) is 0 Å². The topological polar surface area (TPSA) is 49.5 Å². The first-order valence-electron chi connectivity index (χ1n) is 4.76. The highest BCUT2D eigenvalue weighted by Crippen LogP contribution is 2.19. The maximum atomic E-state index is 9.24. The Labute approximate surface area is 85.2 Å². The number of nitrogen functional groups attached to an aromatic ring is 1. The number of nitrogens with zero attached hydrogens (tertiary/aromatic N) is 1. The van der Waals surface area contributed by atoms with Crippen LogP contribution in [0.1, 0.15) is 12.5 Å². The first kappa shape index (κ1) is 10.9. The van der Waals surface area contributed by atoms with Gasteiger partial charge in [-0.3, -0.25) is 0 Å². The molecule has 3 nitrogen and oxygen atoms in total. The Morgan fingerprint density at radius 1 is 1.50 bits per heavy atom.